The molecule has 3 heteroatoms. The molecule has 1 atom stereocenters. The van der Waals surface area contributed by atoms with Gasteiger partial charge >= 0.3 is 0 Å². The first-order valence-corrected chi connectivity index (χ1v) is 5.35. The summed E-state index contributed by atoms with van der Waals surface area (Å²) in [4.78, 5) is 11.4. The molecular weight excluding hydrogens is 178 g/mol. The van der Waals surface area contributed by atoms with Gasteiger partial charge in [-0.15, -0.1) is 0 Å². The van der Waals surface area contributed by atoms with Gasteiger partial charge in [-0.05, 0) is 19.8 Å². The maximum atomic E-state index is 11.4. The third-order valence-corrected chi connectivity index (χ3v) is 2.59. The van der Waals surface area contributed by atoms with Crippen molar-refractivity contribution in [3.8, 4) is 0 Å². The van der Waals surface area contributed by atoms with E-state index in [1.54, 1.807) is 13.0 Å². The molecule has 0 heterocycles. The molecule has 2 N–H and O–H groups in total. The van der Waals surface area contributed by atoms with E-state index < -0.39 is 6.10 Å². The summed E-state index contributed by atoms with van der Waals surface area (Å²) in [5.41, 5.74) is 0. The van der Waals surface area contributed by atoms with E-state index in [4.69, 9.17) is 0 Å². The lowest BCUT2D eigenvalue weighted by Crippen LogP contribution is -2.41. The highest BCUT2D eigenvalue weighted by Crippen LogP contribution is 2.17. The number of amides is 1. The van der Waals surface area contributed by atoms with Crippen molar-refractivity contribution < 1.29 is 9.90 Å². The molecule has 1 aliphatic rings. The van der Waals surface area contributed by atoms with Gasteiger partial charge in [-0.2, -0.15) is 0 Å². The van der Waals surface area contributed by atoms with Crippen LogP contribution >= 0.6 is 0 Å². The number of hydrogen-bond acceptors (Lipinski definition) is 2. The molecule has 0 aromatic rings. The summed E-state index contributed by atoms with van der Waals surface area (Å²) in [6, 6.07) is 0.274. The molecule has 0 aromatic carbocycles. The third kappa shape index (κ3) is 3.50. The number of aliphatic hydroxyl groups is 1. The first-order valence-electron chi connectivity index (χ1n) is 5.35. The summed E-state index contributed by atoms with van der Waals surface area (Å²) >= 11 is 0. The number of allylic oxidation sites excluding steroid dienone is 1. The molecule has 1 unspecified atom stereocenters. The molecule has 3 nitrogen and oxygen atoms in total. The molecule has 0 radical (unpaired) electrons. The van der Waals surface area contributed by atoms with Crippen LogP contribution in [0.25, 0.3) is 0 Å². The Bertz CT molecular complexity index is 207. The molecule has 0 bridgehead atoms. The largest absolute Gasteiger partial charge is 0.379 e. The summed E-state index contributed by atoms with van der Waals surface area (Å²) < 4.78 is 0. The zero-order chi connectivity index (χ0) is 10.4. The highest BCUT2D eigenvalue weighted by atomic mass is 16.3. The van der Waals surface area contributed by atoms with Crippen molar-refractivity contribution in [2.45, 2.75) is 51.2 Å². The Kier molecular flexibility index (Phi) is 4.66. The maximum absolute atomic E-state index is 11.4. The molecule has 0 saturated heterocycles. The zero-order valence-electron chi connectivity index (χ0n) is 8.70. The average molecular weight is 197 g/mol. The fourth-order valence-electron chi connectivity index (χ4n) is 1.80. The number of carbonyl (C=O) groups is 1. The van der Waals surface area contributed by atoms with Gasteiger partial charge < -0.3 is 10.4 Å². The smallest absolute Gasteiger partial charge is 0.253 e. The second-order valence-corrected chi connectivity index (χ2v) is 3.81. The van der Waals surface area contributed by atoms with Crippen LogP contribution in [-0.4, -0.2) is 23.2 Å². The highest BCUT2D eigenvalue weighted by Gasteiger charge is 2.18. The Morgan fingerprint density at radius 1 is 1.43 bits per heavy atom. The molecule has 80 valence electrons. The van der Waals surface area contributed by atoms with Crippen molar-refractivity contribution in [3.05, 3.63) is 12.2 Å². The van der Waals surface area contributed by atoms with Gasteiger partial charge in [0.25, 0.3) is 5.91 Å². The van der Waals surface area contributed by atoms with E-state index in [0.29, 0.717) is 0 Å². The van der Waals surface area contributed by atoms with Crippen molar-refractivity contribution in [1.82, 2.24) is 5.32 Å². The quantitative estimate of drug-likeness (QED) is 0.671. The van der Waals surface area contributed by atoms with Crippen LogP contribution in [0.15, 0.2) is 12.2 Å². The van der Waals surface area contributed by atoms with Crippen LogP contribution in [0.5, 0.6) is 0 Å². The molecule has 1 saturated carbocycles. The Morgan fingerprint density at radius 2 is 2.07 bits per heavy atom. The summed E-state index contributed by atoms with van der Waals surface area (Å²) in [6.45, 7) is 1.79. The van der Waals surface area contributed by atoms with E-state index in [-0.39, 0.29) is 11.9 Å². The van der Waals surface area contributed by atoms with E-state index in [9.17, 15) is 9.90 Å². The SMILES string of the molecule is C/C=C/C(O)C(=O)NC1CCCCC1. The maximum Gasteiger partial charge on any atom is 0.253 e. The van der Waals surface area contributed by atoms with E-state index in [0.717, 1.165) is 12.8 Å². The van der Waals surface area contributed by atoms with Crippen molar-refractivity contribution in [2.75, 3.05) is 0 Å². The Hall–Kier alpha value is -0.830. The van der Waals surface area contributed by atoms with Crippen LogP contribution in [0.4, 0.5) is 0 Å². The van der Waals surface area contributed by atoms with Crippen LogP contribution < -0.4 is 5.32 Å². The standard InChI is InChI=1S/C11H19NO2/c1-2-6-10(13)11(14)12-9-7-4-3-5-8-9/h2,6,9-10,13H,3-5,7-8H2,1H3,(H,12,14)/b6-2+. The van der Waals surface area contributed by atoms with Gasteiger partial charge in [0.15, 0.2) is 6.10 Å². The van der Waals surface area contributed by atoms with Crippen molar-refractivity contribution in [2.24, 2.45) is 0 Å². The van der Waals surface area contributed by atoms with E-state index in [2.05, 4.69) is 5.32 Å². The molecule has 1 amide bonds. The number of rotatable bonds is 3. The van der Waals surface area contributed by atoms with Gasteiger partial charge in [0.2, 0.25) is 0 Å². The monoisotopic (exact) mass is 197 g/mol. The van der Waals surface area contributed by atoms with Crippen molar-refractivity contribution in [3.63, 3.8) is 0 Å². The number of carbonyl (C=O) groups excluding carboxylic acids is 1. The Labute approximate surface area is 85.2 Å². The number of aliphatic hydroxyl groups excluding tert-OH is 1. The minimum atomic E-state index is -0.984. The molecule has 0 aliphatic heterocycles. The van der Waals surface area contributed by atoms with Gasteiger partial charge in [-0.1, -0.05) is 31.4 Å². The summed E-state index contributed by atoms with van der Waals surface area (Å²) in [6.07, 6.45) is 7.94. The second-order valence-electron chi connectivity index (χ2n) is 3.81. The first-order chi connectivity index (χ1) is 6.74. The van der Waals surface area contributed by atoms with Gasteiger partial charge in [0, 0.05) is 6.04 Å². The molecule has 1 fully saturated rings. The zero-order valence-corrected chi connectivity index (χ0v) is 8.70. The fourth-order valence-corrected chi connectivity index (χ4v) is 1.80. The number of nitrogens with one attached hydrogen (secondary N) is 1. The lowest BCUT2D eigenvalue weighted by Gasteiger charge is -2.23. The minimum absolute atomic E-state index is 0.269. The van der Waals surface area contributed by atoms with Gasteiger partial charge in [-0.3, -0.25) is 4.79 Å². The van der Waals surface area contributed by atoms with Crippen LogP contribution in [0.1, 0.15) is 39.0 Å². The molecule has 14 heavy (non-hydrogen) atoms. The first kappa shape index (κ1) is 11.2. The predicted octanol–water partition coefficient (Wildman–Crippen LogP) is 1.37. The molecule has 0 spiro atoms. The topological polar surface area (TPSA) is 49.3 Å². The van der Waals surface area contributed by atoms with E-state index >= 15 is 0 Å². The minimum Gasteiger partial charge on any atom is -0.379 e. The van der Waals surface area contributed by atoms with Crippen molar-refractivity contribution >= 4 is 5.91 Å². The summed E-state index contributed by atoms with van der Waals surface area (Å²) in [7, 11) is 0. The second kappa shape index (κ2) is 5.81. The highest BCUT2D eigenvalue weighted by molar-refractivity contribution is 5.82. The lowest BCUT2D eigenvalue weighted by molar-refractivity contribution is -0.128. The third-order valence-electron chi connectivity index (χ3n) is 2.59. The Morgan fingerprint density at radius 3 is 2.64 bits per heavy atom. The van der Waals surface area contributed by atoms with Crippen LogP contribution in [0.2, 0.25) is 0 Å². The molecule has 0 aromatic heterocycles. The predicted molar refractivity (Wildman–Crippen MR) is 55.8 cm³/mol. The van der Waals surface area contributed by atoms with Crippen molar-refractivity contribution in [1.29, 1.82) is 0 Å². The van der Waals surface area contributed by atoms with Gasteiger partial charge in [0.1, 0.15) is 0 Å². The average Bonchev–Trinajstić information content (AvgIpc) is 2.19. The normalized spacial score (nSPS) is 21.0. The fraction of sp³-hybridized carbons (Fsp3) is 0.727. The van der Waals surface area contributed by atoms with Crippen LogP contribution in [0.3, 0.4) is 0 Å². The van der Waals surface area contributed by atoms with Gasteiger partial charge in [-0.25, -0.2) is 0 Å². The summed E-state index contributed by atoms with van der Waals surface area (Å²) in [5.74, 6) is -0.269. The Balaban J connectivity index is 2.31. The number of hydrogen-bond donors (Lipinski definition) is 2. The van der Waals surface area contributed by atoms with E-state index in [1.807, 2.05) is 0 Å². The van der Waals surface area contributed by atoms with E-state index in [1.165, 1.54) is 25.3 Å². The molecule has 1 aliphatic carbocycles. The summed E-state index contributed by atoms with van der Waals surface area (Å²) in [5, 5.41) is 12.2. The molecular formula is C11H19NO2. The lowest BCUT2D eigenvalue weighted by atomic mass is 9.95. The molecule has 1 rings (SSSR count). The van der Waals surface area contributed by atoms with Gasteiger partial charge in [0.05, 0.1) is 0 Å². The van der Waals surface area contributed by atoms with Crippen LogP contribution in [-0.2, 0) is 4.79 Å². The van der Waals surface area contributed by atoms with Crippen LogP contribution in [0, 0.1) is 0 Å².